The van der Waals surface area contributed by atoms with Gasteiger partial charge in [-0.05, 0) is 35.9 Å². The zero-order valence-electron chi connectivity index (χ0n) is 15.0. The number of carbonyl (C=O) groups is 2. The third-order valence-corrected chi connectivity index (χ3v) is 3.85. The summed E-state index contributed by atoms with van der Waals surface area (Å²) in [6, 6.07) is 13.9. The van der Waals surface area contributed by atoms with Crippen LogP contribution in [0.2, 0.25) is 0 Å². The molecule has 0 bridgehead atoms. The van der Waals surface area contributed by atoms with E-state index in [0.29, 0.717) is 36.0 Å². The van der Waals surface area contributed by atoms with E-state index in [9.17, 15) is 9.59 Å². The molecule has 1 aliphatic heterocycles. The first-order valence-electron chi connectivity index (χ1n) is 8.69. The fourth-order valence-corrected chi connectivity index (χ4v) is 2.51. The molecule has 142 valence electrons. The number of nitrogens with one attached hydrogen (secondary N) is 1. The molecule has 0 saturated heterocycles. The predicted molar refractivity (Wildman–Crippen MR) is 102 cm³/mol. The topological polar surface area (TPSA) is 97.7 Å². The van der Waals surface area contributed by atoms with Gasteiger partial charge in [0.25, 0.3) is 5.91 Å². The number of anilines is 1. The quantitative estimate of drug-likeness (QED) is 0.635. The second kappa shape index (κ2) is 9.24. The normalized spacial score (nSPS) is 12.7. The molecule has 0 atom stereocenters. The van der Waals surface area contributed by atoms with Crippen LogP contribution in [0, 0.1) is 11.3 Å². The summed E-state index contributed by atoms with van der Waals surface area (Å²) in [6.45, 7) is 0.728. The summed E-state index contributed by atoms with van der Waals surface area (Å²) in [6.07, 6.45) is 3.61. The highest BCUT2D eigenvalue weighted by Crippen LogP contribution is 2.30. The maximum Gasteiger partial charge on any atom is 0.331 e. The Labute approximate surface area is 162 Å². The third-order valence-electron chi connectivity index (χ3n) is 3.85. The van der Waals surface area contributed by atoms with E-state index in [1.54, 1.807) is 48.5 Å². The van der Waals surface area contributed by atoms with E-state index in [0.717, 1.165) is 12.0 Å². The first kappa shape index (κ1) is 19.0. The Morgan fingerprint density at radius 2 is 1.93 bits per heavy atom. The number of nitriles is 1. The number of amides is 1. The van der Waals surface area contributed by atoms with Crippen LogP contribution in [0.5, 0.6) is 11.5 Å². The van der Waals surface area contributed by atoms with Gasteiger partial charge in [0, 0.05) is 12.5 Å². The van der Waals surface area contributed by atoms with Crippen LogP contribution >= 0.6 is 0 Å². The molecule has 1 aliphatic rings. The molecule has 7 nitrogen and oxygen atoms in total. The number of rotatable bonds is 5. The molecule has 1 heterocycles. The Bertz CT molecular complexity index is 946. The van der Waals surface area contributed by atoms with Crippen molar-refractivity contribution >= 4 is 23.6 Å². The van der Waals surface area contributed by atoms with Gasteiger partial charge in [0.2, 0.25) is 0 Å². The molecule has 0 radical (unpaired) electrons. The highest BCUT2D eigenvalue weighted by Gasteiger charge is 2.11. The van der Waals surface area contributed by atoms with Crippen molar-refractivity contribution in [3.8, 4) is 17.6 Å². The number of benzene rings is 2. The fourth-order valence-electron chi connectivity index (χ4n) is 2.51. The fraction of sp³-hybridized carbons (Fsp3) is 0.190. The average Bonchev–Trinajstić information content (AvgIpc) is 2.96. The first-order valence-corrected chi connectivity index (χ1v) is 8.69. The Morgan fingerprint density at radius 3 is 2.75 bits per heavy atom. The van der Waals surface area contributed by atoms with Crippen molar-refractivity contribution < 1.29 is 23.8 Å². The van der Waals surface area contributed by atoms with E-state index >= 15 is 0 Å². The molecule has 2 aromatic carbocycles. The van der Waals surface area contributed by atoms with E-state index in [-0.39, 0.29) is 0 Å². The molecule has 1 amide bonds. The van der Waals surface area contributed by atoms with Crippen molar-refractivity contribution in [1.82, 2.24) is 0 Å². The molecule has 1 N–H and O–H groups in total. The number of hydrogen-bond acceptors (Lipinski definition) is 6. The SMILES string of the molecule is N#Cc1ccccc1NC(=O)COC(=O)/C=C/c1ccc2c(c1)OCCCO2. The Balaban J connectivity index is 1.52. The maximum atomic E-state index is 11.9. The molecule has 0 unspecified atom stereocenters. The van der Waals surface area contributed by atoms with Crippen molar-refractivity contribution in [3.05, 3.63) is 59.7 Å². The molecule has 28 heavy (non-hydrogen) atoms. The minimum Gasteiger partial charge on any atom is -0.490 e. The van der Waals surface area contributed by atoms with Gasteiger partial charge in [-0.1, -0.05) is 18.2 Å². The molecular formula is C21H18N2O5. The molecule has 0 aromatic heterocycles. The number of carbonyl (C=O) groups excluding carboxylic acids is 2. The van der Waals surface area contributed by atoms with E-state index in [1.807, 2.05) is 6.07 Å². The van der Waals surface area contributed by atoms with Crippen LogP contribution in [0.15, 0.2) is 48.5 Å². The lowest BCUT2D eigenvalue weighted by atomic mass is 10.2. The number of nitrogens with zero attached hydrogens (tertiary/aromatic N) is 1. The maximum absolute atomic E-state index is 11.9. The lowest BCUT2D eigenvalue weighted by molar-refractivity contribution is -0.142. The molecule has 0 saturated carbocycles. The Morgan fingerprint density at radius 1 is 1.14 bits per heavy atom. The Kier molecular flexibility index (Phi) is 6.26. The molecule has 7 heteroatoms. The minimum atomic E-state index is -0.657. The van der Waals surface area contributed by atoms with Crippen molar-refractivity contribution in [3.63, 3.8) is 0 Å². The lowest BCUT2D eigenvalue weighted by Crippen LogP contribution is -2.20. The molecule has 0 aliphatic carbocycles. The largest absolute Gasteiger partial charge is 0.490 e. The van der Waals surface area contributed by atoms with E-state index in [4.69, 9.17) is 19.5 Å². The van der Waals surface area contributed by atoms with Crippen LogP contribution in [-0.4, -0.2) is 31.7 Å². The molecule has 3 rings (SSSR count). The molecule has 0 spiro atoms. The monoisotopic (exact) mass is 378 g/mol. The average molecular weight is 378 g/mol. The van der Waals surface area contributed by atoms with Gasteiger partial charge >= 0.3 is 5.97 Å². The van der Waals surface area contributed by atoms with Gasteiger partial charge in [0.05, 0.1) is 24.5 Å². The van der Waals surface area contributed by atoms with Gasteiger partial charge in [0.1, 0.15) is 6.07 Å². The second-order valence-corrected chi connectivity index (χ2v) is 5.90. The van der Waals surface area contributed by atoms with Gasteiger partial charge < -0.3 is 19.5 Å². The number of para-hydroxylation sites is 1. The second-order valence-electron chi connectivity index (χ2n) is 5.90. The zero-order valence-corrected chi connectivity index (χ0v) is 15.0. The van der Waals surface area contributed by atoms with Gasteiger partial charge in [-0.15, -0.1) is 0 Å². The molecule has 0 fully saturated rings. The number of ether oxygens (including phenoxy) is 3. The lowest BCUT2D eigenvalue weighted by Gasteiger charge is -2.07. The van der Waals surface area contributed by atoms with Gasteiger partial charge in [-0.25, -0.2) is 4.79 Å². The van der Waals surface area contributed by atoms with E-state index in [2.05, 4.69) is 5.32 Å². The number of esters is 1. The van der Waals surface area contributed by atoms with Crippen LogP contribution in [0.4, 0.5) is 5.69 Å². The van der Waals surface area contributed by atoms with E-state index < -0.39 is 18.5 Å². The summed E-state index contributed by atoms with van der Waals surface area (Å²) in [5.41, 5.74) is 1.44. The summed E-state index contributed by atoms with van der Waals surface area (Å²) < 4.78 is 16.1. The highest BCUT2D eigenvalue weighted by atomic mass is 16.5. The van der Waals surface area contributed by atoms with Crippen LogP contribution in [-0.2, 0) is 14.3 Å². The molecule has 2 aromatic rings. The minimum absolute atomic E-state index is 0.330. The van der Waals surface area contributed by atoms with Crippen molar-refractivity contribution in [2.24, 2.45) is 0 Å². The zero-order chi connectivity index (χ0) is 19.8. The van der Waals surface area contributed by atoms with Crippen LogP contribution in [0.25, 0.3) is 6.08 Å². The van der Waals surface area contributed by atoms with Gasteiger partial charge in [-0.3, -0.25) is 4.79 Å². The van der Waals surface area contributed by atoms with Crippen LogP contribution < -0.4 is 14.8 Å². The molecular weight excluding hydrogens is 360 g/mol. The smallest absolute Gasteiger partial charge is 0.331 e. The van der Waals surface area contributed by atoms with Crippen molar-refractivity contribution in [1.29, 1.82) is 5.26 Å². The summed E-state index contributed by atoms with van der Waals surface area (Å²) in [5.74, 6) is 0.117. The standard InChI is InChI=1S/C21H18N2O5/c22-13-16-4-1-2-5-17(16)23-20(24)14-28-21(25)9-7-15-6-8-18-19(12-15)27-11-3-10-26-18/h1-2,4-9,12H,3,10-11,14H2,(H,23,24)/b9-7+. The summed E-state index contributed by atoms with van der Waals surface area (Å²) >= 11 is 0. The van der Waals surface area contributed by atoms with Crippen molar-refractivity contribution in [2.45, 2.75) is 6.42 Å². The predicted octanol–water partition coefficient (Wildman–Crippen LogP) is 2.91. The van der Waals surface area contributed by atoms with Crippen LogP contribution in [0.3, 0.4) is 0 Å². The summed E-state index contributed by atoms with van der Waals surface area (Å²) in [7, 11) is 0. The number of fused-ring (bicyclic) bond motifs is 1. The Hall–Kier alpha value is -3.79. The van der Waals surface area contributed by atoms with E-state index in [1.165, 1.54) is 6.08 Å². The third kappa shape index (κ3) is 5.11. The number of hydrogen-bond donors (Lipinski definition) is 1. The summed E-state index contributed by atoms with van der Waals surface area (Å²) in [5, 5.41) is 11.5. The van der Waals surface area contributed by atoms with Crippen molar-refractivity contribution in [2.75, 3.05) is 25.1 Å². The van der Waals surface area contributed by atoms with Crippen LogP contribution in [0.1, 0.15) is 17.5 Å². The first-order chi connectivity index (χ1) is 13.7. The van der Waals surface area contributed by atoms with Gasteiger partial charge in [0.15, 0.2) is 18.1 Å². The van der Waals surface area contributed by atoms with Gasteiger partial charge in [-0.2, -0.15) is 5.26 Å². The summed E-state index contributed by atoms with van der Waals surface area (Å²) in [4.78, 5) is 23.7. The highest BCUT2D eigenvalue weighted by molar-refractivity contribution is 5.95.